The third-order valence-corrected chi connectivity index (χ3v) is 5.61. The number of nitrogens with one attached hydrogen (secondary N) is 1. The summed E-state index contributed by atoms with van der Waals surface area (Å²) in [5.74, 6) is -4.25. The second kappa shape index (κ2) is 5.94. The number of carbonyl (C=O) groups is 1. The van der Waals surface area contributed by atoms with Gasteiger partial charge >= 0.3 is 0 Å². The summed E-state index contributed by atoms with van der Waals surface area (Å²) in [6.45, 7) is 0. The van der Waals surface area contributed by atoms with Crippen molar-refractivity contribution < 1.29 is 13.6 Å². The molecule has 0 aromatic heterocycles. The molecule has 1 aliphatic carbocycles. The molecule has 0 saturated heterocycles. The maximum absolute atomic E-state index is 13.0. The molecule has 25 heavy (non-hydrogen) atoms. The van der Waals surface area contributed by atoms with E-state index in [-0.39, 0.29) is 6.42 Å². The van der Waals surface area contributed by atoms with E-state index in [1.165, 1.54) is 0 Å². The Hall–Kier alpha value is -2.23. The zero-order valence-electron chi connectivity index (χ0n) is 12.8. The summed E-state index contributed by atoms with van der Waals surface area (Å²) in [5, 5.41) is 2.56. The standard InChI is InChI=1S/C17H13F2IN4O/c18-17(19)8-13(17)16(25)22-11-3-1-2-9(6-11)10-4-5-14-12(7-10)15(21)24-20-23-14/h1-7,13H,8H2,(H,22,25)(H2,21,23,24). The highest BCUT2D eigenvalue weighted by molar-refractivity contribution is 14.1. The molecule has 0 bridgehead atoms. The number of anilines is 1. The van der Waals surface area contributed by atoms with Crippen LogP contribution in [-0.2, 0) is 4.79 Å². The molecule has 2 aromatic carbocycles. The van der Waals surface area contributed by atoms with Crippen molar-refractivity contribution in [1.29, 1.82) is 0 Å². The first kappa shape index (κ1) is 16.2. The van der Waals surface area contributed by atoms with Crippen LogP contribution in [0, 0.1) is 5.92 Å². The number of nitrogens with two attached hydrogens (primary N) is 1. The molecule has 128 valence electrons. The Morgan fingerprint density at radius 1 is 1.24 bits per heavy atom. The predicted octanol–water partition coefficient (Wildman–Crippen LogP) is 4.37. The van der Waals surface area contributed by atoms with Gasteiger partial charge < -0.3 is 11.1 Å². The second-order valence-corrected chi connectivity index (χ2v) is 7.35. The molecular weight excluding hydrogens is 441 g/mol. The van der Waals surface area contributed by atoms with Crippen LogP contribution in [0.4, 0.5) is 20.2 Å². The quantitative estimate of drug-likeness (QED) is 0.676. The average Bonchev–Trinajstić information content (AvgIpc) is 3.24. The fourth-order valence-electron chi connectivity index (χ4n) is 2.64. The third kappa shape index (κ3) is 3.17. The van der Waals surface area contributed by atoms with E-state index in [9.17, 15) is 13.6 Å². The van der Waals surface area contributed by atoms with Gasteiger partial charge in [0.15, 0.2) is 0 Å². The number of benzene rings is 2. The van der Waals surface area contributed by atoms with Gasteiger partial charge in [0.1, 0.15) is 33.1 Å². The number of alkyl halides is 2. The van der Waals surface area contributed by atoms with Crippen LogP contribution in [0.1, 0.15) is 12.0 Å². The van der Waals surface area contributed by atoms with Crippen molar-refractivity contribution in [3.05, 3.63) is 48.0 Å². The van der Waals surface area contributed by atoms with Crippen LogP contribution in [0.3, 0.4) is 0 Å². The SMILES string of the molecule is NC1=NI=Nc2ccc(-c3cccc(NC(=O)C4CC4(F)F)c3)cc21. The van der Waals surface area contributed by atoms with E-state index in [1.54, 1.807) is 18.2 Å². The van der Waals surface area contributed by atoms with Crippen LogP contribution in [0.15, 0.2) is 48.8 Å². The van der Waals surface area contributed by atoms with E-state index in [4.69, 9.17) is 5.73 Å². The summed E-state index contributed by atoms with van der Waals surface area (Å²) < 4.78 is 34.6. The van der Waals surface area contributed by atoms with Crippen LogP contribution < -0.4 is 11.1 Å². The molecule has 1 unspecified atom stereocenters. The highest BCUT2D eigenvalue weighted by atomic mass is 127. The zero-order valence-corrected chi connectivity index (χ0v) is 15.0. The van der Waals surface area contributed by atoms with E-state index in [0.29, 0.717) is 11.5 Å². The Kier molecular flexibility index (Phi) is 3.86. The summed E-state index contributed by atoms with van der Waals surface area (Å²) in [6.07, 6.45) is -0.381. The third-order valence-electron chi connectivity index (χ3n) is 4.14. The minimum atomic E-state index is -2.87. The normalized spacial score (nSPS) is 20.1. The molecule has 8 heteroatoms. The number of carbonyl (C=O) groups excluding carboxylic acids is 1. The monoisotopic (exact) mass is 454 g/mol. The van der Waals surface area contributed by atoms with Gasteiger partial charge in [-0.1, -0.05) is 18.2 Å². The average molecular weight is 454 g/mol. The van der Waals surface area contributed by atoms with Gasteiger partial charge in [0.05, 0.1) is 5.69 Å². The molecule has 1 saturated carbocycles. The molecule has 4 rings (SSSR count). The number of hydrogen-bond donors (Lipinski definition) is 2. The lowest BCUT2D eigenvalue weighted by atomic mass is 10.0. The summed E-state index contributed by atoms with van der Waals surface area (Å²) in [5.41, 5.74) is 9.79. The number of hydrogen-bond acceptors (Lipinski definition) is 4. The number of amidine groups is 1. The summed E-state index contributed by atoms with van der Waals surface area (Å²) in [4.78, 5) is 11.8. The van der Waals surface area contributed by atoms with Gasteiger partial charge in [-0.15, -0.1) is 0 Å². The Balaban J connectivity index is 1.60. The van der Waals surface area contributed by atoms with E-state index in [2.05, 4.69) is 11.7 Å². The van der Waals surface area contributed by atoms with Crippen molar-refractivity contribution in [3.63, 3.8) is 0 Å². The molecular formula is C17H13F2IN4O. The number of halogens is 3. The van der Waals surface area contributed by atoms with E-state index >= 15 is 0 Å². The minimum Gasteiger partial charge on any atom is -0.383 e. The zero-order chi connectivity index (χ0) is 17.6. The first-order valence-electron chi connectivity index (χ1n) is 7.55. The van der Waals surface area contributed by atoms with Crippen LogP contribution in [-0.4, -0.2) is 17.7 Å². The number of rotatable bonds is 3. The maximum Gasteiger partial charge on any atom is 0.260 e. The van der Waals surface area contributed by atoms with Crippen molar-refractivity contribution in [2.24, 2.45) is 18.0 Å². The molecule has 1 fully saturated rings. The van der Waals surface area contributed by atoms with Crippen molar-refractivity contribution in [2.75, 3.05) is 5.32 Å². The van der Waals surface area contributed by atoms with E-state index in [0.717, 1.165) is 22.4 Å². The Labute approximate surface area is 152 Å². The Morgan fingerprint density at radius 2 is 2.00 bits per heavy atom. The van der Waals surface area contributed by atoms with Crippen LogP contribution in [0.2, 0.25) is 0 Å². The van der Waals surface area contributed by atoms with Crippen molar-refractivity contribution >= 4 is 44.4 Å². The minimum absolute atomic E-state index is 0.381. The first-order chi connectivity index (χ1) is 11.9. The molecule has 2 aliphatic rings. The number of amides is 1. The molecule has 1 aliphatic heterocycles. The molecule has 1 amide bonds. The lowest BCUT2D eigenvalue weighted by Gasteiger charge is -2.11. The number of nitrogens with zero attached hydrogens (tertiary/aromatic N) is 2. The maximum atomic E-state index is 13.0. The van der Waals surface area contributed by atoms with Gasteiger partial charge in [0, 0.05) is 17.7 Å². The van der Waals surface area contributed by atoms with Crippen LogP contribution in [0.5, 0.6) is 0 Å². The summed E-state index contributed by atoms with van der Waals surface area (Å²) >= 11 is -0.625. The van der Waals surface area contributed by atoms with Gasteiger partial charge in [-0.3, -0.25) is 4.79 Å². The molecule has 3 N–H and O–H groups in total. The van der Waals surface area contributed by atoms with Crippen molar-refractivity contribution in [3.8, 4) is 11.1 Å². The summed E-state index contributed by atoms with van der Waals surface area (Å²) in [7, 11) is 0. The van der Waals surface area contributed by atoms with Crippen LogP contribution in [0.25, 0.3) is 11.1 Å². The molecule has 1 heterocycles. The van der Waals surface area contributed by atoms with Gasteiger partial charge in [-0.05, 0) is 35.4 Å². The largest absolute Gasteiger partial charge is 0.383 e. The van der Waals surface area contributed by atoms with E-state index in [1.807, 2.05) is 24.3 Å². The smallest absolute Gasteiger partial charge is 0.260 e. The first-order valence-corrected chi connectivity index (χ1v) is 9.48. The fourth-order valence-corrected chi connectivity index (χ4v) is 3.90. The molecule has 2 aromatic rings. The second-order valence-electron chi connectivity index (χ2n) is 5.95. The van der Waals surface area contributed by atoms with E-state index < -0.39 is 39.1 Å². The number of fused-ring (bicyclic) bond motifs is 1. The summed E-state index contributed by atoms with van der Waals surface area (Å²) in [6, 6.07) is 12.8. The van der Waals surface area contributed by atoms with Crippen LogP contribution >= 0.6 is 21.3 Å². The Morgan fingerprint density at radius 3 is 2.76 bits per heavy atom. The molecule has 0 spiro atoms. The van der Waals surface area contributed by atoms with Crippen molar-refractivity contribution in [1.82, 2.24) is 0 Å². The molecule has 0 radical (unpaired) electrons. The topological polar surface area (TPSA) is 79.8 Å². The molecule has 5 nitrogen and oxygen atoms in total. The predicted molar refractivity (Wildman–Crippen MR) is 100 cm³/mol. The van der Waals surface area contributed by atoms with Gasteiger partial charge in [0.2, 0.25) is 5.91 Å². The van der Waals surface area contributed by atoms with Gasteiger partial charge in [-0.2, -0.15) is 3.21 Å². The highest BCUT2D eigenvalue weighted by Gasteiger charge is 2.61. The highest BCUT2D eigenvalue weighted by Crippen LogP contribution is 2.49. The lowest BCUT2D eigenvalue weighted by Crippen LogP contribution is -2.17. The molecule has 1 atom stereocenters. The fraction of sp³-hybridized carbons (Fsp3) is 0.176. The van der Waals surface area contributed by atoms with Crippen molar-refractivity contribution in [2.45, 2.75) is 12.3 Å². The van der Waals surface area contributed by atoms with Gasteiger partial charge in [0.25, 0.3) is 5.92 Å². The van der Waals surface area contributed by atoms with Gasteiger partial charge in [-0.25, -0.2) is 11.9 Å². The lowest BCUT2D eigenvalue weighted by molar-refractivity contribution is -0.119. The Bertz CT molecular complexity index is 942.